The van der Waals surface area contributed by atoms with Crippen molar-refractivity contribution in [2.75, 3.05) is 0 Å². The van der Waals surface area contributed by atoms with E-state index in [0.717, 1.165) is 82.4 Å². The van der Waals surface area contributed by atoms with Crippen LogP contribution in [0.4, 0.5) is 0 Å². The molecule has 64 heavy (non-hydrogen) atoms. The second-order valence-electron chi connectivity index (χ2n) is 16.1. The molecule has 0 aliphatic heterocycles. The third-order valence-electron chi connectivity index (χ3n) is 12.6. The molecule has 0 aliphatic rings. The minimum atomic E-state index is -0.341. The highest BCUT2D eigenvalue weighted by Crippen LogP contribution is 2.41. The number of furan rings is 1. The Bertz CT molecular complexity index is 4360. The van der Waals surface area contributed by atoms with Gasteiger partial charge in [-0.3, -0.25) is 9.13 Å². The third kappa shape index (κ3) is 5.00. The lowest BCUT2D eigenvalue weighted by Gasteiger charge is -2.15. The molecule has 14 aromatic rings. The normalized spacial score (nSPS) is 12.9. The van der Waals surface area contributed by atoms with Crippen molar-refractivity contribution in [2.45, 2.75) is 0 Å². The molecule has 0 amide bonds. The van der Waals surface area contributed by atoms with Crippen LogP contribution in [0.15, 0.2) is 211 Å². The molecule has 7 heteroatoms. The summed E-state index contributed by atoms with van der Waals surface area (Å²) in [4.78, 5) is 16.1. The SMILES string of the molecule is [2H]c1c([2H])c([2H])c2c(c1[2H])c1ccccc1n2-c1nc(-c2cc(-c3cccc4c3oc3ccccc34)cc(-n3c4ccccc4c4ccccc43)c2)nc(-n2c3ccccc3c3ccccc32)n1. The zero-order valence-electron chi connectivity index (χ0n) is 37.9. The molecule has 0 atom stereocenters. The highest BCUT2D eigenvalue weighted by molar-refractivity contribution is 6.12. The lowest BCUT2D eigenvalue weighted by atomic mass is 9.99. The summed E-state index contributed by atoms with van der Waals surface area (Å²) in [5, 5.41) is 7.41. The Morgan fingerprint density at radius 3 is 1.45 bits per heavy atom. The van der Waals surface area contributed by atoms with E-state index < -0.39 is 0 Å². The van der Waals surface area contributed by atoms with E-state index in [1.165, 1.54) is 0 Å². The molecule has 9 aromatic carbocycles. The Hall–Kier alpha value is -8.81. The molecule has 0 radical (unpaired) electrons. The number of hydrogen-bond acceptors (Lipinski definition) is 4. The van der Waals surface area contributed by atoms with Gasteiger partial charge < -0.3 is 8.98 Å². The van der Waals surface area contributed by atoms with Crippen molar-refractivity contribution in [3.63, 3.8) is 0 Å². The van der Waals surface area contributed by atoms with Crippen molar-refractivity contribution in [1.29, 1.82) is 0 Å². The van der Waals surface area contributed by atoms with Gasteiger partial charge in [0.25, 0.3) is 0 Å². The first-order valence-corrected chi connectivity index (χ1v) is 21.2. The van der Waals surface area contributed by atoms with Crippen LogP contribution < -0.4 is 0 Å². The minimum Gasteiger partial charge on any atom is -0.455 e. The number of nitrogens with zero attached hydrogens (tertiary/aromatic N) is 6. The van der Waals surface area contributed by atoms with Crippen LogP contribution in [0.3, 0.4) is 0 Å². The van der Waals surface area contributed by atoms with E-state index in [0.29, 0.717) is 33.6 Å². The van der Waals surface area contributed by atoms with Crippen LogP contribution in [-0.2, 0) is 0 Å². The molecule has 5 aromatic heterocycles. The zero-order chi connectivity index (χ0) is 45.4. The topological polar surface area (TPSA) is 66.6 Å². The van der Waals surface area contributed by atoms with Gasteiger partial charge in [0, 0.05) is 59.9 Å². The molecule has 0 bridgehead atoms. The molecule has 0 spiro atoms. The van der Waals surface area contributed by atoms with E-state index >= 15 is 0 Å². The number of fused-ring (bicyclic) bond motifs is 12. The van der Waals surface area contributed by atoms with E-state index in [2.05, 4.69) is 124 Å². The Morgan fingerprint density at radius 1 is 0.375 bits per heavy atom. The fourth-order valence-electron chi connectivity index (χ4n) is 9.90. The van der Waals surface area contributed by atoms with Crippen LogP contribution in [-0.4, -0.2) is 28.7 Å². The first kappa shape index (κ1) is 31.1. The Balaban J connectivity index is 1.13. The minimum absolute atomic E-state index is 0.129. The van der Waals surface area contributed by atoms with Crippen molar-refractivity contribution in [2.24, 2.45) is 0 Å². The summed E-state index contributed by atoms with van der Waals surface area (Å²) in [7, 11) is 0. The predicted molar refractivity (Wildman–Crippen MR) is 261 cm³/mol. The number of rotatable bonds is 5. The molecule has 0 saturated carbocycles. The quantitative estimate of drug-likeness (QED) is 0.173. The first-order valence-electron chi connectivity index (χ1n) is 23.2. The van der Waals surface area contributed by atoms with Crippen LogP contribution >= 0.6 is 0 Å². The standard InChI is InChI=1S/C57H34N6O/c1-8-25-47-39(16-1)40-17-2-9-26-48(40)61(47)37-33-35(38-23-15-24-46-45-22-7-14-31-53(45)64-54(38)46)32-36(34-37)55-58-56(62-49-27-10-3-18-41(49)42-19-4-11-28-50(42)62)60-57(59-55)63-51-29-12-5-20-43(51)44-21-6-13-30-52(44)63/h1-34H/i3D,10D,18D,27D. The van der Waals surface area contributed by atoms with Crippen molar-refractivity contribution in [3.05, 3.63) is 206 Å². The Morgan fingerprint density at radius 2 is 0.844 bits per heavy atom. The maximum Gasteiger partial charge on any atom is 0.240 e. The Kier molecular flexibility index (Phi) is 6.48. The maximum atomic E-state index is 9.34. The van der Waals surface area contributed by atoms with Gasteiger partial charge in [0.05, 0.1) is 38.6 Å². The summed E-state index contributed by atoms with van der Waals surface area (Å²) in [6.45, 7) is 0. The molecule has 0 fully saturated rings. The van der Waals surface area contributed by atoms with Crippen LogP contribution in [0.25, 0.3) is 127 Å². The van der Waals surface area contributed by atoms with Crippen LogP contribution in [0, 0.1) is 0 Å². The fourth-order valence-corrected chi connectivity index (χ4v) is 9.90. The molecule has 7 nitrogen and oxygen atoms in total. The van der Waals surface area contributed by atoms with Gasteiger partial charge in [0.1, 0.15) is 11.2 Å². The van der Waals surface area contributed by atoms with E-state index in [9.17, 15) is 1.37 Å². The van der Waals surface area contributed by atoms with Gasteiger partial charge in [-0.2, -0.15) is 15.0 Å². The highest BCUT2D eigenvalue weighted by Gasteiger charge is 2.23. The van der Waals surface area contributed by atoms with Crippen LogP contribution in [0.1, 0.15) is 5.48 Å². The van der Waals surface area contributed by atoms with Gasteiger partial charge in [-0.1, -0.05) is 146 Å². The molecule has 0 N–H and O–H groups in total. The molecular formula is C57H34N6O. The largest absolute Gasteiger partial charge is 0.455 e. The molecule has 5 heterocycles. The second-order valence-corrected chi connectivity index (χ2v) is 16.1. The summed E-state index contributed by atoms with van der Waals surface area (Å²) in [5.74, 6) is 0.906. The van der Waals surface area contributed by atoms with Gasteiger partial charge in [-0.25, -0.2) is 0 Å². The smallest absolute Gasteiger partial charge is 0.240 e. The monoisotopic (exact) mass is 822 g/mol. The van der Waals surface area contributed by atoms with Crippen molar-refractivity contribution in [3.8, 4) is 40.1 Å². The van der Waals surface area contributed by atoms with Crippen LogP contribution in [0.5, 0.6) is 0 Å². The molecule has 0 aliphatic carbocycles. The van der Waals surface area contributed by atoms with Gasteiger partial charge in [-0.15, -0.1) is 0 Å². The fraction of sp³-hybridized carbons (Fsp3) is 0. The number of benzene rings is 9. The summed E-state index contributed by atoms with van der Waals surface area (Å²) in [6, 6.07) is 60.6. The number of aromatic nitrogens is 6. The number of para-hydroxylation sites is 8. The number of hydrogen-bond donors (Lipinski definition) is 0. The highest BCUT2D eigenvalue weighted by atomic mass is 16.3. The van der Waals surface area contributed by atoms with Crippen molar-refractivity contribution >= 4 is 87.4 Å². The first-order chi connectivity index (χ1) is 33.4. The molecular weight excluding hydrogens is 785 g/mol. The molecule has 0 saturated heterocycles. The Labute approximate surface area is 371 Å². The average molecular weight is 823 g/mol. The summed E-state index contributed by atoms with van der Waals surface area (Å²) < 4.78 is 48.8. The predicted octanol–water partition coefficient (Wildman–Crippen LogP) is 14.4. The summed E-state index contributed by atoms with van der Waals surface area (Å²) in [5.41, 5.74) is 9.73. The molecule has 0 unspecified atom stereocenters. The lowest BCUT2D eigenvalue weighted by molar-refractivity contribution is 0.670. The van der Waals surface area contributed by atoms with Crippen LogP contribution in [0.2, 0.25) is 0 Å². The summed E-state index contributed by atoms with van der Waals surface area (Å²) >= 11 is 0. The van der Waals surface area contributed by atoms with Crippen molar-refractivity contribution in [1.82, 2.24) is 28.7 Å². The van der Waals surface area contributed by atoms with Gasteiger partial charge in [0.15, 0.2) is 5.82 Å². The van der Waals surface area contributed by atoms with Gasteiger partial charge >= 0.3 is 0 Å². The second kappa shape index (κ2) is 13.3. The van der Waals surface area contributed by atoms with Gasteiger partial charge in [0.2, 0.25) is 11.9 Å². The zero-order valence-corrected chi connectivity index (χ0v) is 33.9. The van der Waals surface area contributed by atoms with Gasteiger partial charge in [-0.05, 0) is 66.2 Å². The van der Waals surface area contributed by atoms with E-state index in [1.807, 2.05) is 66.7 Å². The van der Waals surface area contributed by atoms with Crippen molar-refractivity contribution < 1.29 is 9.90 Å². The lowest BCUT2D eigenvalue weighted by Crippen LogP contribution is -2.10. The average Bonchev–Trinajstić information content (AvgIpc) is 4.14. The molecule has 14 rings (SSSR count). The summed E-state index contributed by atoms with van der Waals surface area (Å²) in [6.07, 6.45) is 0. The molecule has 298 valence electrons. The van der Waals surface area contributed by atoms with E-state index in [1.54, 1.807) is 4.57 Å². The third-order valence-corrected chi connectivity index (χ3v) is 12.6. The maximum absolute atomic E-state index is 9.34. The van der Waals surface area contributed by atoms with E-state index in [4.69, 9.17) is 23.5 Å². The van der Waals surface area contributed by atoms with E-state index in [-0.39, 0.29) is 35.6 Å².